The largest absolute Gasteiger partial charge is 0.354 e. The van der Waals surface area contributed by atoms with Gasteiger partial charge >= 0.3 is 0 Å². The van der Waals surface area contributed by atoms with E-state index >= 15 is 0 Å². The Bertz CT molecular complexity index is 633. The van der Waals surface area contributed by atoms with E-state index in [-0.39, 0.29) is 28.3 Å². The van der Waals surface area contributed by atoms with E-state index < -0.39 is 0 Å². The van der Waals surface area contributed by atoms with Gasteiger partial charge in [0, 0.05) is 29.9 Å². The van der Waals surface area contributed by atoms with Crippen LogP contribution in [0.4, 0.5) is 10.1 Å². The van der Waals surface area contributed by atoms with Crippen LogP contribution >= 0.6 is 11.8 Å². The monoisotopic (exact) mass is 350 g/mol. The first-order chi connectivity index (χ1) is 11.5. The van der Waals surface area contributed by atoms with Crippen LogP contribution in [0.2, 0.25) is 0 Å². The molecule has 1 aromatic rings. The zero-order valence-electron chi connectivity index (χ0n) is 13.9. The molecule has 1 aliphatic carbocycles. The molecule has 24 heavy (non-hydrogen) atoms. The van der Waals surface area contributed by atoms with Crippen molar-refractivity contribution in [3.63, 3.8) is 0 Å². The Morgan fingerprint density at radius 1 is 1.46 bits per heavy atom. The molecule has 1 saturated heterocycles. The number of nitrogens with one attached hydrogen (secondary N) is 1. The highest BCUT2D eigenvalue weighted by molar-refractivity contribution is 8.00. The van der Waals surface area contributed by atoms with Gasteiger partial charge in [-0.1, -0.05) is 13.0 Å². The van der Waals surface area contributed by atoms with Gasteiger partial charge in [-0.2, -0.15) is 11.8 Å². The molecular weight excluding hydrogens is 327 g/mol. The van der Waals surface area contributed by atoms with Gasteiger partial charge in [0.05, 0.1) is 5.92 Å². The van der Waals surface area contributed by atoms with Crippen molar-refractivity contribution in [2.45, 2.75) is 37.4 Å². The smallest absolute Gasteiger partial charge is 0.227 e. The van der Waals surface area contributed by atoms with Crippen molar-refractivity contribution in [1.29, 1.82) is 0 Å². The van der Waals surface area contributed by atoms with E-state index in [0.29, 0.717) is 31.6 Å². The molecular formula is C18H23FN2O2S. The van der Waals surface area contributed by atoms with Crippen molar-refractivity contribution in [3.8, 4) is 0 Å². The molecule has 130 valence electrons. The molecule has 1 heterocycles. The quantitative estimate of drug-likeness (QED) is 0.858. The molecule has 6 heteroatoms. The molecule has 1 saturated carbocycles. The second kappa shape index (κ2) is 7.13. The maximum atomic E-state index is 13.4. The predicted octanol–water partition coefficient (Wildman–Crippen LogP) is 2.97. The lowest BCUT2D eigenvalue weighted by atomic mass is 9.96. The fourth-order valence-corrected chi connectivity index (χ4v) is 4.34. The van der Waals surface area contributed by atoms with Crippen molar-refractivity contribution in [1.82, 2.24) is 5.32 Å². The molecule has 1 aromatic carbocycles. The average molecular weight is 350 g/mol. The Kier molecular flexibility index (Phi) is 5.13. The van der Waals surface area contributed by atoms with Crippen LogP contribution in [0.15, 0.2) is 24.3 Å². The van der Waals surface area contributed by atoms with Gasteiger partial charge in [0.15, 0.2) is 0 Å². The first-order valence-electron chi connectivity index (χ1n) is 8.50. The SMILES string of the molecule is CCSC1(CNC(=O)C2CCC(=O)N(c3cccc(F)c3)C2)CC1. The molecule has 0 spiro atoms. The number of halogens is 1. The highest BCUT2D eigenvalue weighted by atomic mass is 32.2. The molecule has 2 aliphatic rings. The van der Waals surface area contributed by atoms with Gasteiger partial charge in [-0.15, -0.1) is 0 Å². The van der Waals surface area contributed by atoms with Crippen molar-refractivity contribution in [3.05, 3.63) is 30.1 Å². The Balaban J connectivity index is 1.60. The number of amides is 2. The van der Waals surface area contributed by atoms with E-state index in [1.165, 1.54) is 17.0 Å². The first-order valence-corrected chi connectivity index (χ1v) is 9.49. The van der Waals surface area contributed by atoms with E-state index in [0.717, 1.165) is 18.6 Å². The van der Waals surface area contributed by atoms with E-state index in [2.05, 4.69) is 12.2 Å². The topological polar surface area (TPSA) is 49.4 Å². The maximum absolute atomic E-state index is 13.4. The summed E-state index contributed by atoms with van der Waals surface area (Å²) in [6.07, 6.45) is 3.20. The van der Waals surface area contributed by atoms with E-state index in [1.54, 1.807) is 12.1 Å². The molecule has 1 aliphatic heterocycles. The molecule has 1 atom stereocenters. The molecule has 1 unspecified atom stereocenters. The second-order valence-corrected chi connectivity index (χ2v) is 8.29. The van der Waals surface area contributed by atoms with E-state index in [4.69, 9.17) is 0 Å². The molecule has 4 nitrogen and oxygen atoms in total. The zero-order valence-corrected chi connectivity index (χ0v) is 14.7. The van der Waals surface area contributed by atoms with Gasteiger partial charge < -0.3 is 10.2 Å². The summed E-state index contributed by atoms with van der Waals surface area (Å²) in [5, 5.41) is 3.07. The summed E-state index contributed by atoms with van der Waals surface area (Å²) < 4.78 is 13.7. The summed E-state index contributed by atoms with van der Waals surface area (Å²) in [7, 11) is 0. The molecule has 0 radical (unpaired) electrons. The van der Waals surface area contributed by atoms with Gasteiger partial charge in [0.1, 0.15) is 5.82 Å². The lowest BCUT2D eigenvalue weighted by Crippen LogP contribution is -2.47. The van der Waals surface area contributed by atoms with E-state index in [9.17, 15) is 14.0 Å². The number of hydrogen-bond acceptors (Lipinski definition) is 3. The van der Waals surface area contributed by atoms with Gasteiger partial charge in [-0.05, 0) is 43.2 Å². The van der Waals surface area contributed by atoms with Crippen LogP contribution in [0.1, 0.15) is 32.6 Å². The van der Waals surface area contributed by atoms with Gasteiger partial charge in [-0.3, -0.25) is 9.59 Å². The molecule has 1 N–H and O–H groups in total. The Hall–Kier alpha value is -1.56. The minimum Gasteiger partial charge on any atom is -0.354 e. The average Bonchev–Trinajstić information content (AvgIpc) is 3.33. The van der Waals surface area contributed by atoms with Crippen LogP contribution in [-0.4, -0.2) is 35.4 Å². The lowest BCUT2D eigenvalue weighted by molar-refractivity contribution is -0.127. The number of benzene rings is 1. The van der Waals surface area contributed by atoms with Crippen molar-refractivity contribution in [2.24, 2.45) is 5.92 Å². The summed E-state index contributed by atoms with van der Waals surface area (Å²) in [6, 6.07) is 5.98. The van der Waals surface area contributed by atoms with Crippen LogP contribution in [0.3, 0.4) is 0 Å². The normalized spacial score (nSPS) is 22.3. The van der Waals surface area contributed by atoms with Crippen molar-refractivity contribution in [2.75, 3.05) is 23.7 Å². The predicted molar refractivity (Wildman–Crippen MR) is 94.6 cm³/mol. The van der Waals surface area contributed by atoms with Gasteiger partial charge in [0.2, 0.25) is 11.8 Å². The number of carbonyl (C=O) groups is 2. The molecule has 0 bridgehead atoms. The Morgan fingerprint density at radius 3 is 2.92 bits per heavy atom. The molecule has 2 amide bonds. The van der Waals surface area contributed by atoms with Crippen LogP contribution in [0, 0.1) is 11.7 Å². The molecule has 3 rings (SSSR count). The second-order valence-electron chi connectivity index (χ2n) is 6.55. The standard InChI is InChI=1S/C18H23FN2O2S/c1-2-24-18(8-9-18)12-20-17(23)13-6-7-16(22)21(11-13)15-5-3-4-14(19)10-15/h3-5,10,13H,2,6-9,11-12H2,1H3,(H,20,23). The molecule has 0 aromatic heterocycles. The minimum absolute atomic E-state index is 0.00637. The highest BCUT2D eigenvalue weighted by Gasteiger charge is 2.43. The number of piperidine rings is 1. The fraction of sp³-hybridized carbons (Fsp3) is 0.556. The maximum Gasteiger partial charge on any atom is 0.227 e. The van der Waals surface area contributed by atoms with Crippen LogP contribution in [0.5, 0.6) is 0 Å². The van der Waals surface area contributed by atoms with Gasteiger partial charge in [0.25, 0.3) is 0 Å². The first kappa shape index (κ1) is 17.3. The summed E-state index contributed by atoms with van der Waals surface area (Å²) in [6.45, 7) is 3.16. The Morgan fingerprint density at radius 2 is 2.25 bits per heavy atom. The van der Waals surface area contributed by atoms with Crippen molar-refractivity contribution < 1.29 is 14.0 Å². The van der Waals surface area contributed by atoms with Crippen LogP contribution in [0.25, 0.3) is 0 Å². The summed E-state index contributed by atoms with van der Waals surface area (Å²) in [5.41, 5.74) is 0.526. The summed E-state index contributed by atoms with van der Waals surface area (Å²) in [5.74, 6) is 0.408. The minimum atomic E-state index is -0.376. The summed E-state index contributed by atoms with van der Waals surface area (Å²) >= 11 is 1.91. The van der Waals surface area contributed by atoms with E-state index in [1.807, 2.05) is 11.8 Å². The zero-order chi connectivity index (χ0) is 17.2. The number of nitrogens with zero attached hydrogens (tertiary/aromatic N) is 1. The van der Waals surface area contributed by atoms with Crippen LogP contribution in [-0.2, 0) is 9.59 Å². The highest BCUT2D eigenvalue weighted by Crippen LogP contribution is 2.47. The third-order valence-electron chi connectivity index (χ3n) is 4.74. The fourth-order valence-electron chi connectivity index (χ4n) is 3.16. The third-order valence-corrected chi connectivity index (χ3v) is 6.20. The van der Waals surface area contributed by atoms with Crippen molar-refractivity contribution >= 4 is 29.3 Å². The number of hydrogen-bond donors (Lipinski definition) is 1. The lowest BCUT2D eigenvalue weighted by Gasteiger charge is -2.32. The molecule has 2 fully saturated rings. The van der Waals surface area contributed by atoms with Crippen LogP contribution < -0.4 is 10.2 Å². The number of carbonyl (C=O) groups excluding carboxylic acids is 2. The number of anilines is 1. The number of rotatable bonds is 6. The third kappa shape index (κ3) is 3.91. The summed E-state index contributed by atoms with van der Waals surface area (Å²) in [4.78, 5) is 26.2. The van der Waals surface area contributed by atoms with Gasteiger partial charge in [-0.25, -0.2) is 4.39 Å². The Labute approximate surface area is 146 Å². The number of thioether (sulfide) groups is 1.